The Kier molecular flexibility index (Phi) is 20.2. The maximum absolute atomic E-state index is 13.5. The largest absolute Gasteiger partial charge is 0.393 e. The Bertz CT molecular complexity index is 2490. The topological polar surface area (TPSA) is 165 Å². The van der Waals surface area contributed by atoms with Gasteiger partial charge in [-0.2, -0.15) is 0 Å². The lowest BCUT2D eigenvalue weighted by atomic mass is 9.49. The van der Waals surface area contributed by atoms with E-state index in [1.54, 1.807) is 6.92 Å². The molecule has 92 heavy (non-hydrogen) atoms. The van der Waals surface area contributed by atoms with Crippen LogP contribution >= 0.6 is 0 Å². The van der Waals surface area contributed by atoms with E-state index in [0.29, 0.717) is 48.8 Å². The fourth-order valence-corrected chi connectivity index (χ4v) is 27.1. The number of amides is 1. The molecule has 1 amide bonds. The minimum absolute atomic E-state index is 0.148. The molecule has 520 valence electrons. The number of piperazine rings is 2. The van der Waals surface area contributed by atoms with Crippen LogP contribution < -0.4 is 0 Å². The predicted octanol–water partition coefficient (Wildman–Crippen LogP) is 11.6. The zero-order valence-electron chi connectivity index (χ0n) is 59.3. The quantitative estimate of drug-likeness (QED) is 0.173. The molecule has 4 N–H and O–H groups in total. The van der Waals surface area contributed by atoms with Crippen LogP contribution in [0.4, 0.5) is 0 Å². The van der Waals surface area contributed by atoms with Crippen molar-refractivity contribution in [3.63, 3.8) is 0 Å². The highest BCUT2D eigenvalue weighted by Gasteiger charge is 2.62. The molecule has 0 spiro atoms. The highest BCUT2D eigenvalue weighted by Crippen LogP contribution is 2.68. The molecule has 3 heterocycles. The van der Waals surface area contributed by atoms with Crippen molar-refractivity contribution in [3.05, 3.63) is 0 Å². The van der Waals surface area contributed by atoms with Gasteiger partial charge < -0.3 is 30.2 Å². The second-order valence-corrected chi connectivity index (χ2v) is 37.3. The van der Waals surface area contributed by atoms with Crippen LogP contribution in [0.3, 0.4) is 0 Å². The number of hydrogen-bond acceptors (Lipinski definition) is 12. The molecule has 13 heteroatoms. The van der Waals surface area contributed by atoms with Gasteiger partial charge >= 0.3 is 0 Å². The van der Waals surface area contributed by atoms with Gasteiger partial charge in [-0.1, -0.05) is 20.8 Å². The molecule has 0 bridgehead atoms. The summed E-state index contributed by atoms with van der Waals surface area (Å²) in [5.74, 6) is 14.3. The van der Waals surface area contributed by atoms with Gasteiger partial charge in [0.15, 0.2) is 0 Å². The lowest BCUT2D eigenvalue weighted by Crippen LogP contribution is -2.52. The molecule has 3 aliphatic heterocycles. The molecule has 0 aromatic rings. The van der Waals surface area contributed by atoms with E-state index in [-0.39, 0.29) is 40.1 Å². The summed E-state index contributed by atoms with van der Waals surface area (Å²) in [6.45, 7) is 26.3. The summed E-state index contributed by atoms with van der Waals surface area (Å²) < 4.78 is 0. The van der Waals surface area contributed by atoms with Gasteiger partial charge in [-0.25, -0.2) is 0 Å². The maximum Gasteiger partial charge on any atom is 0.219 e. The first kappa shape index (κ1) is 68.7. The van der Waals surface area contributed by atoms with Crippen molar-refractivity contribution in [3.8, 4) is 0 Å². The van der Waals surface area contributed by atoms with Crippen molar-refractivity contribution in [2.24, 2.45) is 123 Å². The number of rotatable bonds is 9. The number of piperidine rings is 1. The Morgan fingerprint density at radius 2 is 0.652 bits per heavy atom. The summed E-state index contributed by atoms with van der Waals surface area (Å²) in [6, 6.07) is 0. The summed E-state index contributed by atoms with van der Waals surface area (Å²) in [7, 11) is 2.18. The molecule has 0 unspecified atom stereocenters. The van der Waals surface area contributed by atoms with Gasteiger partial charge in [0.2, 0.25) is 5.91 Å². The van der Waals surface area contributed by atoms with Gasteiger partial charge in [-0.15, -0.1) is 0 Å². The van der Waals surface area contributed by atoms with Crippen LogP contribution in [0.25, 0.3) is 0 Å². The Balaban J connectivity index is 0.000000126. The van der Waals surface area contributed by atoms with Crippen molar-refractivity contribution in [2.75, 3.05) is 92.1 Å². The molecule has 24 atom stereocenters. The average molecular weight is 1280 g/mol. The molecular weight excluding hydrogens is 1150 g/mol. The van der Waals surface area contributed by atoms with E-state index in [1.807, 2.05) is 18.7 Å². The number of aliphatic hydroxyl groups is 4. The molecule has 0 aromatic heterocycles. The summed E-state index contributed by atoms with van der Waals surface area (Å²) >= 11 is 0. The minimum atomic E-state index is -0.446. The van der Waals surface area contributed by atoms with Gasteiger partial charge in [0.25, 0.3) is 0 Å². The van der Waals surface area contributed by atoms with E-state index in [1.165, 1.54) is 116 Å². The first-order valence-electron chi connectivity index (χ1n) is 39.3. The third-order valence-corrected chi connectivity index (χ3v) is 32.0. The van der Waals surface area contributed by atoms with E-state index in [9.17, 15) is 39.6 Å². The van der Waals surface area contributed by atoms with Crippen LogP contribution in [0.1, 0.15) is 235 Å². The molecule has 12 saturated carbocycles. The van der Waals surface area contributed by atoms with Crippen LogP contribution in [0, 0.1) is 123 Å². The van der Waals surface area contributed by atoms with Crippen molar-refractivity contribution in [1.82, 2.24) is 24.5 Å². The van der Waals surface area contributed by atoms with Gasteiger partial charge in [0, 0.05) is 90.1 Å². The third kappa shape index (κ3) is 13.7. The van der Waals surface area contributed by atoms with Crippen molar-refractivity contribution in [2.45, 2.75) is 258 Å². The lowest BCUT2D eigenvalue weighted by Gasteiger charge is -2.57. The Morgan fingerprint density at radius 1 is 0.348 bits per heavy atom. The third-order valence-electron chi connectivity index (χ3n) is 32.0. The molecule has 15 rings (SSSR count). The summed E-state index contributed by atoms with van der Waals surface area (Å²) in [4.78, 5) is 63.2. The maximum atomic E-state index is 13.5. The standard InChI is InChI=1S/C27H44N2O3.C26H44N2O2.C26H43NO3/c1-18(30)29-14-12-28(13-15-29)17-25(31)24-7-6-23-22-5-4-19-16-26(2,32)10-8-20(19)21(22)9-11-27(23,24)3;1-25(30)10-8-19-18(16-25)4-5-21-20(19)9-11-26(2)22(21)6-7-23(26)24(29)17-28-14-12-27(3)13-15-28;1-25(30)11-7-19-17(15-25)3-4-21-20(19)8-12-26(2)22(21)5-6-23(26)24(29)16-27-13-9-18(28)10-14-27/h19-24,32H,4-17H2,1-3H3;18-23,30H,4-17H2,1-3H3;17-23,28,30H,3-16H2,1-2H3/t19-,20+,21-,22-,23+,24-,26-,27+;18-,19-,20+,21+,22-,23+,25+,26-;17-,19-,20+,21+,22-,23+,25+,26-/m100/s1. The van der Waals surface area contributed by atoms with Crippen LogP contribution in [0.5, 0.6) is 0 Å². The van der Waals surface area contributed by atoms with Crippen LogP contribution in [-0.2, 0) is 19.2 Å². The molecular formula is C79H131N5O8. The minimum Gasteiger partial charge on any atom is -0.393 e. The number of fused-ring (bicyclic) bond motifs is 15. The number of likely N-dealkylation sites (N-methyl/N-ethyl adjacent to an activating group) is 1. The van der Waals surface area contributed by atoms with Gasteiger partial charge in [0.05, 0.1) is 42.5 Å². The average Bonchev–Trinajstić information content (AvgIpc) is 1.80. The number of Topliss-reactive ketones (excluding diaryl/α,β-unsaturated/α-hetero) is 3. The van der Waals surface area contributed by atoms with Crippen molar-refractivity contribution < 1.29 is 39.6 Å². The summed E-state index contributed by atoms with van der Waals surface area (Å²) in [5.41, 5.74) is -0.666. The van der Waals surface area contributed by atoms with Crippen LogP contribution in [-0.4, -0.2) is 183 Å². The van der Waals surface area contributed by atoms with E-state index in [4.69, 9.17) is 0 Å². The fraction of sp³-hybridized carbons (Fsp3) is 0.949. The first-order chi connectivity index (χ1) is 43.7. The number of aliphatic hydroxyl groups excluding tert-OH is 1. The van der Waals surface area contributed by atoms with E-state index in [2.05, 4.69) is 54.3 Å². The van der Waals surface area contributed by atoms with Crippen LogP contribution in [0.15, 0.2) is 0 Å². The molecule has 0 radical (unpaired) electrons. The number of carbonyl (C=O) groups is 4. The molecule has 3 saturated heterocycles. The Morgan fingerprint density at radius 3 is 0.978 bits per heavy atom. The number of likely N-dealkylation sites (tertiary alicyclic amines) is 1. The monoisotopic (exact) mass is 1280 g/mol. The fourth-order valence-electron chi connectivity index (χ4n) is 27.1. The molecule has 12 aliphatic carbocycles. The SMILES string of the molecule is CC(=O)N1CCN(CC(=O)[C@H]2CC[C@H]3[C@@H]4CC[C@@H]5C[C@](C)(O)CC[C@@H]5[C@H]4CC[C@]23C)CC1.CN1CCN(CC(=O)[C@H]2CC[C@H]3[C@@H]4CC[C@H]5C[C@](C)(O)CC[C@@H]5[C@H]4CC[C@]23C)CC1.C[C@@]1(O)CC[C@H]2[C@@H](CC[C@@H]3[C@@H]2CC[C@]2(C)[C@@H](C(=O)CN4CCC(O)CC4)CC[C@@H]32)C1. The zero-order chi connectivity index (χ0) is 64.9. The second kappa shape index (κ2) is 27.0. The molecule has 15 fully saturated rings. The van der Waals surface area contributed by atoms with E-state index < -0.39 is 16.8 Å². The van der Waals surface area contributed by atoms with Gasteiger partial charge in [-0.3, -0.25) is 33.9 Å². The van der Waals surface area contributed by atoms with Crippen LogP contribution in [0.2, 0.25) is 0 Å². The Hall–Kier alpha value is -1.84. The normalized spacial score (nSPS) is 48.8. The van der Waals surface area contributed by atoms with Crippen molar-refractivity contribution in [1.29, 1.82) is 0 Å². The first-order valence-corrected chi connectivity index (χ1v) is 39.3. The van der Waals surface area contributed by atoms with Gasteiger partial charge in [0.1, 0.15) is 17.3 Å². The number of carbonyl (C=O) groups excluding carboxylic acids is 4. The summed E-state index contributed by atoms with van der Waals surface area (Å²) in [5, 5.41) is 41.6. The van der Waals surface area contributed by atoms with Gasteiger partial charge in [-0.05, 0) is 319 Å². The molecule has 0 aromatic carbocycles. The zero-order valence-corrected chi connectivity index (χ0v) is 59.3. The smallest absolute Gasteiger partial charge is 0.219 e. The number of nitrogens with zero attached hydrogens (tertiary/aromatic N) is 5. The predicted molar refractivity (Wildman–Crippen MR) is 363 cm³/mol. The second-order valence-electron chi connectivity index (χ2n) is 37.3. The van der Waals surface area contributed by atoms with E-state index >= 15 is 0 Å². The summed E-state index contributed by atoms with van der Waals surface area (Å²) in [6.07, 6.45) is 33.7. The van der Waals surface area contributed by atoms with Crippen molar-refractivity contribution >= 4 is 23.3 Å². The van der Waals surface area contributed by atoms with E-state index in [0.717, 1.165) is 219 Å². The number of hydrogen-bond donors (Lipinski definition) is 4. The molecule has 13 nitrogen and oxygen atoms in total. The lowest BCUT2D eigenvalue weighted by molar-refractivity contribution is -0.135. The molecule has 15 aliphatic rings. The highest BCUT2D eigenvalue weighted by molar-refractivity contribution is 5.85. The Labute approximate surface area is 557 Å². The number of ketones is 3. The highest BCUT2D eigenvalue weighted by atomic mass is 16.3.